The number of para-hydroxylation sites is 3. The first kappa shape index (κ1) is 21.2. The van der Waals surface area contributed by atoms with Crippen LogP contribution in [0.2, 0.25) is 0 Å². The van der Waals surface area contributed by atoms with E-state index in [9.17, 15) is 0 Å². The molecule has 5 aromatic carbocycles. The fourth-order valence-electron chi connectivity index (χ4n) is 7.65. The molecule has 9 rings (SSSR count). The molecule has 0 bridgehead atoms. The summed E-state index contributed by atoms with van der Waals surface area (Å²) in [5.41, 5.74) is 9.97. The Kier molecular flexibility index (Phi) is 4.13. The molecule has 0 radical (unpaired) electrons. The molecular weight excluding hydrogens is 474 g/mol. The largest absolute Gasteiger partial charge is 0.485 e. The van der Waals surface area contributed by atoms with Crippen LogP contribution >= 0.6 is 0 Å². The van der Waals surface area contributed by atoms with Gasteiger partial charge >= 0.3 is 0 Å². The van der Waals surface area contributed by atoms with Gasteiger partial charge in [0.05, 0.1) is 16.4 Å². The van der Waals surface area contributed by atoms with Crippen molar-refractivity contribution in [2.45, 2.75) is 11.5 Å². The molecule has 39 heavy (non-hydrogen) atoms. The van der Waals surface area contributed by atoms with E-state index in [0.29, 0.717) is 0 Å². The number of hydrogen-bond acceptors (Lipinski definition) is 1. The monoisotopic (exact) mass is 499 g/mol. The second-order valence-electron chi connectivity index (χ2n) is 10.8. The maximum Gasteiger partial charge on any atom is 0.125 e. The van der Waals surface area contributed by atoms with E-state index < -0.39 is 0 Å². The SMILES string of the molecule is C1=CC2Oc3ccccc3C3(c4ccccc4-c4c3ccc3c5ccccc5n(-c5ccccc5)c43)C2C=C1. The van der Waals surface area contributed by atoms with Crippen LogP contribution in [0.25, 0.3) is 38.6 Å². The molecule has 2 heteroatoms. The standard InChI is InChI=1S/C37H25NO/c1-2-12-24(13-3-1)38-32-19-9-5-14-25(32)26-22-23-31-35(36(26)38)27-15-4-6-16-28(27)37(31)29-17-7-10-20-33(29)39-34-21-11-8-18-30(34)37/h1-23,29,33H. The van der Waals surface area contributed by atoms with Gasteiger partial charge in [-0.3, -0.25) is 0 Å². The van der Waals surface area contributed by atoms with Crippen molar-refractivity contribution in [3.05, 3.63) is 156 Å². The number of hydrogen-bond donors (Lipinski definition) is 0. The Labute approximate surface area is 227 Å². The van der Waals surface area contributed by atoms with Crippen molar-refractivity contribution < 1.29 is 4.74 Å². The minimum Gasteiger partial charge on any atom is -0.485 e. The summed E-state index contributed by atoms with van der Waals surface area (Å²) in [6.45, 7) is 0. The third kappa shape index (κ3) is 2.56. The second-order valence-corrected chi connectivity index (χ2v) is 10.8. The molecular formula is C37H25NO. The van der Waals surface area contributed by atoms with Crippen LogP contribution in [-0.2, 0) is 5.41 Å². The minimum absolute atomic E-state index is 0.0282. The van der Waals surface area contributed by atoms with Gasteiger partial charge in [0.15, 0.2) is 0 Å². The highest BCUT2D eigenvalue weighted by molar-refractivity contribution is 6.16. The zero-order valence-electron chi connectivity index (χ0n) is 21.3. The van der Waals surface area contributed by atoms with Crippen molar-refractivity contribution >= 4 is 21.8 Å². The lowest BCUT2D eigenvalue weighted by Crippen LogP contribution is -2.47. The maximum atomic E-state index is 6.64. The lowest BCUT2D eigenvalue weighted by molar-refractivity contribution is 0.141. The number of rotatable bonds is 1. The molecule has 3 aliphatic rings. The summed E-state index contributed by atoms with van der Waals surface area (Å²) in [4.78, 5) is 0. The van der Waals surface area contributed by atoms with Crippen molar-refractivity contribution in [2.75, 3.05) is 0 Å². The first-order chi connectivity index (χ1) is 19.4. The van der Waals surface area contributed by atoms with E-state index in [1.807, 2.05) is 0 Å². The average Bonchev–Trinajstić information content (AvgIpc) is 3.49. The van der Waals surface area contributed by atoms with Crippen LogP contribution < -0.4 is 4.74 Å². The van der Waals surface area contributed by atoms with Gasteiger partial charge in [0.2, 0.25) is 0 Å². The summed E-state index contributed by atoms with van der Waals surface area (Å²) in [6, 6.07) is 42.1. The number of fused-ring (bicyclic) bond motifs is 13. The third-order valence-electron chi connectivity index (χ3n) is 9.06. The van der Waals surface area contributed by atoms with Crippen LogP contribution in [0.5, 0.6) is 5.75 Å². The van der Waals surface area contributed by atoms with E-state index in [0.717, 1.165) is 5.75 Å². The van der Waals surface area contributed by atoms with Gasteiger partial charge in [0, 0.05) is 33.5 Å². The summed E-state index contributed by atoms with van der Waals surface area (Å²) in [5.74, 6) is 1.12. The summed E-state index contributed by atoms with van der Waals surface area (Å²) < 4.78 is 9.11. The number of nitrogens with zero attached hydrogens (tertiary/aromatic N) is 1. The van der Waals surface area contributed by atoms with E-state index in [2.05, 4.69) is 144 Å². The normalized spacial score (nSPS) is 21.9. The predicted octanol–water partition coefficient (Wildman–Crippen LogP) is 8.60. The van der Waals surface area contributed by atoms with E-state index in [-0.39, 0.29) is 17.4 Å². The number of ether oxygens (including phenoxy) is 1. The van der Waals surface area contributed by atoms with Crippen LogP contribution in [0.4, 0.5) is 0 Å². The van der Waals surface area contributed by atoms with E-state index in [4.69, 9.17) is 4.74 Å². The first-order valence-electron chi connectivity index (χ1n) is 13.7. The second kappa shape index (κ2) is 7.61. The Balaban J connectivity index is 1.51. The molecule has 0 N–H and O–H groups in total. The highest BCUT2D eigenvalue weighted by Crippen LogP contribution is 2.63. The summed E-state index contributed by atoms with van der Waals surface area (Å²) in [5, 5.41) is 2.57. The predicted molar refractivity (Wildman–Crippen MR) is 159 cm³/mol. The van der Waals surface area contributed by atoms with Gasteiger partial charge in [0.1, 0.15) is 11.9 Å². The molecule has 0 saturated carbocycles. The average molecular weight is 500 g/mol. The Bertz CT molecular complexity index is 2010. The molecule has 0 saturated heterocycles. The zero-order chi connectivity index (χ0) is 25.6. The molecule has 0 amide bonds. The Morgan fingerprint density at radius 1 is 0.590 bits per heavy atom. The van der Waals surface area contributed by atoms with Crippen LogP contribution in [0.15, 0.2) is 140 Å². The van der Waals surface area contributed by atoms with Crippen molar-refractivity contribution in [1.29, 1.82) is 0 Å². The first-order valence-corrected chi connectivity index (χ1v) is 13.7. The molecule has 2 aliphatic carbocycles. The molecule has 3 unspecified atom stereocenters. The number of benzene rings is 5. The van der Waals surface area contributed by atoms with Crippen LogP contribution in [0, 0.1) is 5.92 Å². The summed E-state index contributed by atoms with van der Waals surface area (Å²) in [6.07, 6.45) is 8.88. The molecule has 2 heterocycles. The fraction of sp³-hybridized carbons (Fsp3) is 0.0811. The fourth-order valence-corrected chi connectivity index (χ4v) is 7.65. The Hall–Kier alpha value is -4.82. The number of aromatic nitrogens is 1. The molecule has 1 spiro atoms. The highest BCUT2D eigenvalue weighted by atomic mass is 16.5. The van der Waals surface area contributed by atoms with E-state index >= 15 is 0 Å². The van der Waals surface area contributed by atoms with Crippen molar-refractivity contribution in [1.82, 2.24) is 4.57 Å². The molecule has 6 aromatic rings. The maximum absolute atomic E-state index is 6.64. The molecule has 184 valence electrons. The molecule has 1 aromatic heterocycles. The van der Waals surface area contributed by atoms with Crippen molar-refractivity contribution in [3.8, 4) is 22.6 Å². The van der Waals surface area contributed by atoms with Crippen LogP contribution in [-0.4, -0.2) is 10.7 Å². The molecule has 2 nitrogen and oxygen atoms in total. The third-order valence-corrected chi connectivity index (χ3v) is 9.06. The smallest absolute Gasteiger partial charge is 0.125 e. The van der Waals surface area contributed by atoms with Gasteiger partial charge < -0.3 is 9.30 Å². The molecule has 1 aliphatic heterocycles. The minimum atomic E-state index is -0.348. The molecule has 0 fully saturated rings. The quantitative estimate of drug-likeness (QED) is 0.221. The zero-order valence-corrected chi connectivity index (χ0v) is 21.3. The van der Waals surface area contributed by atoms with Gasteiger partial charge in [0.25, 0.3) is 0 Å². The summed E-state index contributed by atoms with van der Waals surface area (Å²) >= 11 is 0. The van der Waals surface area contributed by atoms with E-state index in [1.165, 1.54) is 55.3 Å². The van der Waals surface area contributed by atoms with Gasteiger partial charge in [-0.2, -0.15) is 0 Å². The topological polar surface area (TPSA) is 14.2 Å². The Morgan fingerprint density at radius 2 is 1.33 bits per heavy atom. The summed E-state index contributed by atoms with van der Waals surface area (Å²) in [7, 11) is 0. The molecule has 3 atom stereocenters. The lowest BCUT2D eigenvalue weighted by atomic mass is 9.60. The van der Waals surface area contributed by atoms with Crippen molar-refractivity contribution in [3.63, 3.8) is 0 Å². The van der Waals surface area contributed by atoms with Gasteiger partial charge in [-0.25, -0.2) is 0 Å². The van der Waals surface area contributed by atoms with Gasteiger partial charge in [-0.1, -0.05) is 109 Å². The number of allylic oxidation sites excluding steroid dienone is 2. The highest BCUT2D eigenvalue weighted by Gasteiger charge is 2.56. The van der Waals surface area contributed by atoms with Gasteiger partial charge in [-0.05, 0) is 47.0 Å². The van der Waals surface area contributed by atoms with Crippen LogP contribution in [0.3, 0.4) is 0 Å². The van der Waals surface area contributed by atoms with E-state index in [1.54, 1.807) is 0 Å². The van der Waals surface area contributed by atoms with Gasteiger partial charge in [-0.15, -0.1) is 0 Å². The Morgan fingerprint density at radius 3 is 2.26 bits per heavy atom. The van der Waals surface area contributed by atoms with Crippen molar-refractivity contribution in [2.24, 2.45) is 5.92 Å². The lowest BCUT2D eigenvalue weighted by Gasteiger charge is -2.47. The van der Waals surface area contributed by atoms with Crippen LogP contribution in [0.1, 0.15) is 16.7 Å².